The number of thiophene rings is 1. The van der Waals surface area contributed by atoms with Gasteiger partial charge in [-0.1, -0.05) is 25.1 Å². The van der Waals surface area contributed by atoms with Crippen molar-refractivity contribution in [2.45, 2.75) is 26.7 Å². The molecule has 1 aromatic carbocycles. The van der Waals surface area contributed by atoms with Crippen LogP contribution in [0.5, 0.6) is 5.75 Å². The van der Waals surface area contributed by atoms with Crippen molar-refractivity contribution < 1.29 is 9.53 Å². The number of ketones is 1. The van der Waals surface area contributed by atoms with E-state index >= 15 is 0 Å². The van der Waals surface area contributed by atoms with E-state index in [1.54, 1.807) is 13.3 Å². The summed E-state index contributed by atoms with van der Waals surface area (Å²) >= 11 is 1.54. The van der Waals surface area contributed by atoms with Gasteiger partial charge in [-0.2, -0.15) is 0 Å². The first-order valence-electron chi connectivity index (χ1n) is 7.95. The van der Waals surface area contributed by atoms with Gasteiger partial charge in [0.15, 0.2) is 11.5 Å². The van der Waals surface area contributed by atoms with Gasteiger partial charge in [0.05, 0.1) is 23.1 Å². The van der Waals surface area contributed by atoms with E-state index < -0.39 is 0 Å². The van der Waals surface area contributed by atoms with Gasteiger partial charge < -0.3 is 10.1 Å². The summed E-state index contributed by atoms with van der Waals surface area (Å²) < 4.78 is 6.32. The van der Waals surface area contributed by atoms with Crippen LogP contribution in [0.3, 0.4) is 0 Å². The highest BCUT2D eigenvalue weighted by molar-refractivity contribution is 7.18. The molecule has 0 aliphatic rings. The zero-order valence-electron chi connectivity index (χ0n) is 14.1. The highest BCUT2D eigenvalue weighted by atomic mass is 32.1. The number of aryl methyl sites for hydroxylation is 1. The van der Waals surface area contributed by atoms with Crippen LogP contribution in [-0.2, 0) is 0 Å². The quantitative estimate of drug-likeness (QED) is 0.615. The van der Waals surface area contributed by atoms with Gasteiger partial charge >= 0.3 is 0 Å². The van der Waals surface area contributed by atoms with E-state index in [9.17, 15) is 4.79 Å². The Labute approximate surface area is 145 Å². The lowest BCUT2D eigenvalue weighted by atomic mass is 10.1. The highest BCUT2D eigenvalue weighted by Crippen LogP contribution is 2.39. The van der Waals surface area contributed by atoms with Crippen molar-refractivity contribution in [1.82, 2.24) is 4.98 Å². The molecule has 0 saturated heterocycles. The van der Waals surface area contributed by atoms with Gasteiger partial charge in [-0.05, 0) is 25.0 Å². The van der Waals surface area contributed by atoms with Crippen molar-refractivity contribution >= 4 is 38.7 Å². The molecule has 0 aliphatic heterocycles. The van der Waals surface area contributed by atoms with E-state index in [1.807, 2.05) is 43.5 Å². The highest BCUT2D eigenvalue weighted by Gasteiger charge is 2.19. The number of carbonyl (C=O) groups excluding carboxylic acids is 1. The summed E-state index contributed by atoms with van der Waals surface area (Å²) in [6.07, 6.45) is 2.99. The number of rotatable bonds is 6. The summed E-state index contributed by atoms with van der Waals surface area (Å²) in [4.78, 5) is 17.0. The molecule has 2 aromatic heterocycles. The van der Waals surface area contributed by atoms with Crippen LogP contribution in [0.4, 0.5) is 11.4 Å². The fourth-order valence-electron chi connectivity index (χ4n) is 2.64. The molecule has 24 heavy (non-hydrogen) atoms. The molecule has 124 valence electrons. The zero-order valence-corrected chi connectivity index (χ0v) is 14.9. The van der Waals surface area contributed by atoms with Crippen molar-refractivity contribution in [2.75, 3.05) is 12.4 Å². The molecule has 0 aliphatic carbocycles. The van der Waals surface area contributed by atoms with Gasteiger partial charge in [-0.15, -0.1) is 11.3 Å². The van der Waals surface area contributed by atoms with Crippen molar-refractivity contribution in [3.05, 3.63) is 47.0 Å². The lowest BCUT2D eigenvalue weighted by Gasteiger charge is -2.14. The normalized spacial score (nSPS) is 10.8. The number of hydrogen-bond donors (Lipinski definition) is 1. The molecule has 1 N–H and O–H groups in total. The molecule has 0 saturated carbocycles. The fourth-order valence-corrected chi connectivity index (χ4v) is 3.62. The van der Waals surface area contributed by atoms with Gasteiger partial charge in [-0.3, -0.25) is 9.78 Å². The number of Topliss-reactive ketones (excluding diaryl/α,β-unsaturated/α-hetero) is 1. The standard InChI is InChI=1S/C19H20N2O2S/c1-4-7-15(22)13-10-20-18-16(23-3)11-24-19(18)17(13)21-14-9-6-5-8-12(14)2/h5-6,8-11H,4,7H2,1-3H3,(H,20,21). The van der Waals surface area contributed by atoms with Crippen LogP contribution in [0.25, 0.3) is 10.2 Å². The smallest absolute Gasteiger partial charge is 0.166 e. The van der Waals surface area contributed by atoms with E-state index in [4.69, 9.17) is 4.74 Å². The first-order valence-corrected chi connectivity index (χ1v) is 8.83. The summed E-state index contributed by atoms with van der Waals surface area (Å²) in [5, 5.41) is 5.38. The first-order chi connectivity index (χ1) is 11.7. The number of ether oxygens (including phenoxy) is 1. The number of benzene rings is 1. The second-order valence-corrected chi connectivity index (χ2v) is 6.52. The molecule has 4 nitrogen and oxygen atoms in total. The average Bonchev–Trinajstić information content (AvgIpc) is 3.00. The van der Waals surface area contributed by atoms with Gasteiger partial charge in [0, 0.05) is 23.7 Å². The van der Waals surface area contributed by atoms with Crippen LogP contribution in [-0.4, -0.2) is 17.9 Å². The number of nitrogens with one attached hydrogen (secondary N) is 1. The summed E-state index contributed by atoms with van der Waals surface area (Å²) in [6.45, 7) is 4.05. The molecule has 0 unspecified atom stereocenters. The Morgan fingerprint density at radius 2 is 2.12 bits per heavy atom. The molecule has 0 bridgehead atoms. The van der Waals surface area contributed by atoms with Crippen LogP contribution in [0, 0.1) is 6.92 Å². The van der Waals surface area contributed by atoms with Crippen LogP contribution in [0.15, 0.2) is 35.8 Å². The van der Waals surface area contributed by atoms with Crippen LogP contribution >= 0.6 is 11.3 Å². The predicted octanol–water partition coefficient (Wildman–Crippen LogP) is 5.34. The van der Waals surface area contributed by atoms with E-state index in [2.05, 4.69) is 10.3 Å². The second-order valence-electron chi connectivity index (χ2n) is 5.64. The third-order valence-corrected chi connectivity index (χ3v) is 4.92. The van der Waals surface area contributed by atoms with E-state index in [0.717, 1.165) is 39.3 Å². The maximum absolute atomic E-state index is 12.6. The number of carbonyl (C=O) groups is 1. The summed E-state index contributed by atoms with van der Waals surface area (Å²) in [6, 6.07) is 8.04. The molecular formula is C19H20N2O2S. The van der Waals surface area contributed by atoms with Crippen molar-refractivity contribution in [2.24, 2.45) is 0 Å². The number of methoxy groups -OCH3 is 1. The largest absolute Gasteiger partial charge is 0.494 e. The number of nitrogens with zero attached hydrogens (tertiary/aromatic N) is 1. The van der Waals surface area contributed by atoms with Gasteiger partial charge in [0.25, 0.3) is 0 Å². The topological polar surface area (TPSA) is 51.2 Å². The number of fused-ring (bicyclic) bond motifs is 1. The Balaban J connectivity index is 2.17. The molecule has 0 fully saturated rings. The van der Waals surface area contributed by atoms with Crippen LogP contribution in [0.1, 0.15) is 35.7 Å². The van der Waals surface area contributed by atoms with Crippen molar-refractivity contribution in [1.29, 1.82) is 0 Å². The zero-order chi connectivity index (χ0) is 17.1. The predicted molar refractivity (Wildman–Crippen MR) is 99.9 cm³/mol. The van der Waals surface area contributed by atoms with Gasteiger partial charge in [-0.25, -0.2) is 0 Å². The molecule has 3 rings (SSSR count). The van der Waals surface area contributed by atoms with Crippen molar-refractivity contribution in [3.8, 4) is 5.75 Å². The SMILES string of the molecule is CCCC(=O)c1cnc2c(OC)csc2c1Nc1ccccc1C. The minimum Gasteiger partial charge on any atom is -0.494 e. The minimum atomic E-state index is 0.107. The second kappa shape index (κ2) is 7.01. The van der Waals surface area contributed by atoms with Crippen molar-refractivity contribution in [3.63, 3.8) is 0 Å². The van der Waals surface area contributed by atoms with Gasteiger partial charge in [0.1, 0.15) is 5.52 Å². The van der Waals surface area contributed by atoms with E-state index in [-0.39, 0.29) is 5.78 Å². The monoisotopic (exact) mass is 340 g/mol. The number of hydrogen-bond acceptors (Lipinski definition) is 5. The first kappa shape index (κ1) is 16.5. The molecule has 0 radical (unpaired) electrons. The lowest BCUT2D eigenvalue weighted by Crippen LogP contribution is -2.05. The fraction of sp³-hybridized carbons (Fsp3) is 0.263. The Kier molecular flexibility index (Phi) is 4.81. The lowest BCUT2D eigenvalue weighted by molar-refractivity contribution is 0.0982. The van der Waals surface area contributed by atoms with Crippen LogP contribution in [0.2, 0.25) is 0 Å². The maximum atomic E-state index is 12.6. The number of anilines is 2. The molecule has 3 aromatic rings. The molecule has 2 heterocycles. The molecule has 5 heteroatoms. The summed E-state index contributed by atoms with van der Waals surface area (Å²) in [5.41, 5.74) is 4.35. The van der Waals surface area contributed by atoms with E-state index in [1.165, 1.54) is 11.3 Å². The molecule has 0 amide bonds. The Morgan fingerprint density at radius 3 is 2.83 bits per heavy atom. The number of para-hydroxylation sites is 1. The average molecular weight is 340 g/mol. The third-order valence-electron chi connectivity index (χ3n) is 3.95. The summed E-state index contributed by atoms with van der Waals surface area (Å²) in [7, 11) is 1.63. The van der Waals surface area contributed by atoms with Crippen LogP contribution < -0.4 is 10.1 Å². The number of aromatic nitrogens is 1. The molecule has 0 spiro atoms. The summed E-state index contributed by atoms with van der Waals surface area (Å²) in [5.74, 6) is 0.840. The number of pyridine rings is 1. The minimum absolute atomic E-state index is 0.107. The van der Waals surface area contributed by atoms with Gasteiger partial charge in [0.2, 0.25) is 0 Å². The molecular weight excluding hydrogens is 320 g/mol. The Bertz CT molecular complexity index is 886. The van der Waals surface area contributed by atoms with E-state index in [0.29, 0.717) is 12.0 Å². The third kappa shape index (κ3) is 2.99. The Hall–Kier alpha value is -2.40. The maximum Gasteiger partial charge on any atom is 0.166 e. The Morgan fingerprint density at radius 1 is 1.33 bits per heavy atom. The molecule has 0 atom stereocenters.